The van der Waals surface area contributed by atoms with Crippen LogP contribution in [0.5, 0.6) is 0 Å². The van der Waals surface area contributed by atoms with Gasteiger partial charge in [0.15, 0.2) is 0 Å². The number of carbonyl (C=O) groups excluding carboxylic acids is 1. The Balaban J connectivity index is 2.85. The van der Waals surface area contributed by atoms with Crippen molar-refractivity contribution in [3.8, 4) is 0 Å². The second-order valence-corrected chi connectivity index (χ2v) is 8.22. The largest absolute Gasteiger partial charge is 0.325 e. The van der Waals surface area contributed by atoms with E-state index in [1.165, 1.54) is 4.31 Å². The summed E-state index contributed by atoms with van der Waals surface area (Å²) in [5.41, 5.74) is 1.77. The van der Waals surface area contributed by atoms with Crippen molar-refractivity contribution in [2.45, 2.75) is 33.6 Å². The summed E-state index contributed by atoms with van der Waals surface area (Å²) in [4.78, 5) is 12.2. The number of carbonyl (C=O) groups is 1. The maximum Gasteiger partial charge on any atom is 0.239 e. The molecule has 0 unspecified atom stereocenters. The zero-order valence-electron chi connectivity index (χ0n) is 14.0. The normalized spacial score (nSPS) is 12.2. The van der Waals surface area contributed by atoms with E-state index in [2.05, 4.69) is 5.32 Å². The van der Waals surface area contributed by atoms with Crippen molar-refractivity contribution in [3.63, 3.8) is 0 Å². The number of sulfonamides is 1. The summed E-state index contributed by atoms with van der Waals surface area (Å²) < 4.78 is 24.8. The molecular weight excluding hydrogens is 300 g/mol. The van der Waals surface area contributed by atoms with Crippen molar-refractivity contribution in [3.05, 3.63) is 29.8 Å². The highest BCUT2D eigenvalue weighted by atomic mass is 32.2. The molecule has 1 amide bonds. The van der Waals surface area contributed by atoms with Gasteiger partial charge in [-0.05, 0) is 23.5 Å². The van der Waals surface area contributed by atoms with E-state index in [0.29, 0.717) is 6.54 Å². The maximum atomic E-state index is 12.2. The van der Waals surface area contributed by atoms with Gasteiger partial charge in [0, 0.05) is 12.2 Å². The van der Waals surface area contributed by atoms with E-state index >= 15 is 0 Å². The number of hydrogen-bond donors (Lipinski definition) is 1. The highest BCUT2D eigenvalue weighted by Crippen LogP contribution is 2.23. The number of para-hydroxylation sites is 1. The van der Waals surface area contributed by atoms with Crippen LogP contribution in [-0.2, 0) is 14.8 Å². The SMILES string of the molecule is CC(C)CN(CC(=O)Nc1ccccc1C(C)C)S(C)(=O)=O. The van der Waals surface area contributed by atoms with Crippen molar-refractivity contribution >= 4 is 21.6 Å². The van der Waals surface area contributed by atoms with Gasteiger partial charge in [-0.1, -0.05) is 45.9 Å². The number of rotatable bonds is 7. The lowest BCUT2D eigenvalue weighted by Gasteiger charge is -2.22. The van der Waals surface area contributed by atoms with Crippen LogP contribution in [0.15, 0.2) is 24.3 Å². The molecule has 1 aromatic carbocycles. The summed E-state index contributed by atoms with van der Waals surface area (Å²) in [6.45, 7) is 8.11. The van der Waals surface area contributed by atoms with E-state index in [9.17, 15) is 13.2 Å². The molecule has 1 N–H and O–H groups in total. The van der Waals surface area contributed by atoms with Gasteiger partial charge in [0.25, 0.3) is 0 Å². The third kappa shape index (κ3) is 5.77. The molecule has 1 rings (SSSR count). The van der Waals surface area contributed by atoms with Crippen LogP contribution in [0.25, 0.3) is 0 Å². The summed E-state index contributed by atoms with van der Waals surface area (Å²) in [6.07, 6.45) is 1.13. The van der Waals surface area contributed by atoms with Crippen LogP contribution in [0, 0.1) is 5.92 Å². The van der Waals surface area contributed by atoms with Crippen molar-refractivity contribution in [2.75, 3.05) is 24.7 Å². The molecule has 0 aliphatic heterocycles. The quantitative estimate of drug-likeness (QED) is 0.837. The van der Waals surface area contributed by atoms with Crippen LogP contribution in [0.3, 0.4) is 0 Å². The van der Waals surface area contributed by atoms with Crippen LogP contribution in [0.1, 0.15) is 39.2 Å². The van der Waals surface area contributed by atoms with Gasteiger partial charge in [0.2, 0.25) is 15.9 Å². The molecule has 0 aliphatic carbocycles. The Kier molecular flexibility index (Phi) is 6.56. The zero-order valence-corrected chi connectivity index (χ0v) is 14.8. The Labute approximate surface area is 133 Å². The van der Waals surface area contributed by atoms with E-state index < -0.39 is 10.0 Å². The minimum atomic E-state index is -3.40. The lowest BCUT2D eigenvalue weighted by Crippen LogP contribution is -2.39. The molecule has 0 bridgehead atoms. The van der Waals surface area contributed by atoms with Crippen molar-refractivity contribution in [2.24, 2.45) is 5.92 Å². The van der Waals surface area contributed by atoms with E-state index in [0.717, 1.165) is 17.5 Å². The Bertz CT molecular complexity index is 610. The molecule has 5 nitrogen and oxygen atoms in total. The zero-order chi connectivity index (χ0) is 16.9. The number of hydrogen-bond acceptors (Lipinski definition) is 3. The van der Waals surface area contributed by atoms with Gasteiger partial charge < -0.3 is 5.32 Å². The van der Waals surface area contributed by atoms with Crippen LogP contribution < -0.4 is 5.32 Å². The number of anilines is 1. The number of amides is 1. The fraction of sp³-hybridized carbons (Fsp3) is 0.562. The van der Waals surface area contributed by atoms with E-state index in [4.69, 9.17) is 0 Å². The van der Waals surface area contributed by atoms with Crippen molar-refractivity contribution < 1.29 is 13.2 Å². The molecule has 0 spiro atoms. The fourth-order valence-electron chi connectivity index (χ4n) is 2.19. The first-order valence-electron chi connectivity index (χ1n) is 7.45. The monoisotopic (exact) mass is 326 g/mol. The summed E-state index contributed by atoms with van der Waals surface area (Å²) in [6, 6.07) is 7.57. The van der Waals surface area contributed by atoms with Gasteiger partial charge in [-0.2, -0.15) is 4.31 Å². The standard InChI is InChI=1S/C16H26N2O3S/c1-12(2)10-18(22(5,20)21)11-16(19)17-15-9-7-6-8-14(15)13(3)4/h6-9,12-13H,10-11H2,1-5H3,(H,17,19). The molecule has 22 heavy (non-hydrogen) atoms. The molecule has 1 aromatic rings. The summed E-state index contributed by atoms with van der Waals surface area (Å²) in [5.74, 6) is 0.114. The lowest BCUT2D eigenvalue weighted by atomic mass is 10.0. The molecule has 0 aliphatic rings. The van der Waals surface area contributed by atoms with Crippen LogP contribution in [-0.4, -0.2) is 38.0 Å². The first kappa shape index (κ1) is 18.6. The average molecular weight is 326 g/mol. The predicted octanol–water partition coefficient (Wildman–Crippen LogP) is 2.67. The average Bonchev–Trinajstić information content (AvgIpc) is 2.36. The molecule has 0 saturated heterocycles. The Morgan fingerprint density at radius 1 is 1.18 bits per heavy atom. The second-order valence-electron chi connectivity index (χ2n) is 6.24. The van der Waals surface area contributed by atoms with Crippen LogP contribution in [0.4, 0.5) is 5.69 Å². The molecule has 0 aromatic heterocycles. The third-order valence-electron chi connectivity index (χ3n) is 3.21. The fourth-order valence-corrected chi connectivity index (χ4v) is 3.11. The van der Waals surface area contributed by atoms with Crippen molar-refractivity contribution in [1.29, 1.82) is 0 Å². The number of benzene rings is 1. The minimum Gasteiger partial charge on any atom is -0.325 e. The highest BCUT2D eigenvalue weighted by molar-refractivity contribution is 7.88. The van der Waals surface area contributed by atoms with Crippen LogP contribution in [0.2, 0.25) is 0 Å². The minimum absolute atomic E-state index is 0.158. The van der Waals surface area contributed by atoms with E-state index in [-0.39, 0.29) is 24.3 Å². The molecule has 0 saturated carbocycles. The van der Waals surface area contributed by atoms with Gasteiger partial charge in [-0.25, -0.2) is 8.42 Å². The lowest BCUT2D eigenvalue weighted by molar-refractivity contribution is -0.116. The van der Waals surface area contributed by atoms with Gasteiger partial charge >= 0.3 is 0 Å². The molecule has 0 heterocycles. The molecule has 0 atom stereocenters. The van der Waals surface area contributed by atoms with E-state index in [1.54, 1.807) is 0 Å². The van der Waals surface area contributed by atoms with Crippen molar-refractivity contribution in [1.82, 2.24) is 4.31 Å². The van der Waals surface area contributed by atoms with Gasteiger partial charge in [-0.15, -0.1) is 0 Å². The first-order valence-corrected chi connectivity index (χ1v) is 9.30. The molecular formula is C16H26N2O3S. The highest BCUT2D eigenvalue weighted by Gasteiger charge is 2.21. The molecule has 0 radical (unpaired) electrons. The summed E-state index contributed by atoms with van der Waals surface area (Å²) >= 11 is 0. The summed E-state index contributed by atoms with van der Waals surface area (Å²) in [5, 5.41) is 2.82. The Morgan fingerprint density at radius 3 is 2.27 bits per heavy atom. The molecule has 0 fully saturated rings. The predicted molar refractivity (Wildman–Crippen MR) is 90.4 cm³/mol. The Hall–Kier alpha value is -1.40. The molecule has 6 heteroatoms. The Morgan fingerprint density at radius 2 is 1.77 bits per heavy atom. The topological polar surface area (TPSA) is 66.5 Å². The van der Waals surface area contributed by atoms with Gasteiger partial charge in [0.05, 0.1) is 12.8 Å². The molecule has 124 valence electrons. The van der Waals surface area contributed by atoms with Gasteiger partial charge in [0.1, 0.15) is 0 Å². The van der Waals surface area contributed by atoms with Crippen LogP contribution >= 0.6 is 0 Å². The third-order valence-corrected chi connectivity index (χ3v) is 4.43. The maximum absolute atomic E-state index is 12.2. The first-order chi connectivity index (χ1) is 10.1. The van der Waals surface area contributed by atoms with E-state index in [1.807, 2.05) is 52.0 Å². The summed E-state index contributed by atoms with van der Waals surface area (Å²) in [7, 11) is -3.40. The smallest absolute Gasteiger partial charge is 0.239 e. The number of nitrogens with one attached hydrogen (secondary N) is 1. The second kappa shape index (κ2) is 7.74. The number of nitrogens with zero attached hydrogens (tertiary/aromatic N) is 1. The van der Waals surface area contributed by atoms with Gasteiger partial charge in [-0.3, -0.25) is 4.79 Å².